The molecule has 4 heteroatoms. The molecule has 2 heterocycles. The average Bonchev–Trinajstić information content (AvgIpc) is 2.39. The van der Waals surface area contributed by atoms with Gasteiger partial charge in [0, 0.05) is 31.3 Å². The van der Waals surface area contributed by atoms with E-state index in [1.807, 2.05) is 13.8 Å². The van der Waals surface area contributed by atoms with Crippen LogP contribution in [0.1, 0.15) is 39.5 Å². The lowest BCUT2D eigenvalue weighted by atomic mass is 10.00. The van der Waals surface area contributed by atoms with Crippen LogP contribution in [0.15, 0.2) is 0 Å². The van der Waals surface area contributed by atoms with E-state index in [1.54, 1.807) is 0 Å². The van der Waals surface area contributed by atoms with Gasteiger partial charge in [0.05, 0.1) is 6.10 Å². The minimum atomic E-state index is -0.251. The highest BCUT2D eigenvalue weighted by Crippen LogP contribution is 2.35. The molecule has 2 aliphatic rings. The molecule has 4 atom stereocenters. The zero-order chi connectivity index (χ0) is 12.6. The van der Waals surface area contributed by atoms with Gasteiger partial charge in [-0.1, -0.05) is 13.8 Å². The normalized spacial score (nSPS) is 37.5. The van der Waals surface area contributed by atoms with Crippen molar-refractivity contribution >= 4 is 5.97 Å². The standard InChI is InChI=1S/C13H23NO3/c1-8(2)4-13(16)17-10-5-9-6-12(15)11(7-10)14(9)3/h8-12,15H,4-7H2,1-3H3/t9?,10-,11?,12-/m1/s1. The molecule has 2 aliphatic heterocycles. The van der Waals surface area contributed by atoms with Crippen LogP contribution in [0, 0.1) is 5.92 Å². The van der Waals surface area contributed by atoms with E-state index in [0.29, 0.717) is 18.4 Å². The monoisotopic (exact) mass is 241 g/mol. The van der Waals surface area contributed by atoms with E-state index in [1.165, 1.54) is 0 Å². The smallest absolute Gasteiger partial charge is 0.306 e. The Labute approximate surface area is 103 Å². The number of rotatable bonds is 3. The van der Waals surface area contributed by atoms with Crippen LogP contribution in [0.2, 0.25) is 0 Å². The van der Waals surface area contributed by atoms with Crippen molar-refractivity contribution < 1.29 is 14.6 Å². The molecule has 0 aromatic heterocycles. The van der Waals surface area contributed by atoms with E-state index in [-0.39, 0.29) is 24.2 Å². The number of nitrogens with zero attached hydrogens (tertiary/aromatic N) is 1. The minimum Gasteiger partial charge on any atom is -0.462 e. The number of hydrogen-bond donors (Lipinski definition) is 1. The van der Waals surface area contributed by atoms with Crippen LogP contribution in [-0.2, 0) is 9.53 Å². The summed E-state index contributed by atoms with van der Waals surface area (Å²) in [5, 5.41) is 9.88. The quantitative estimate of drug-likeness (QED) is 0.754. The zero-order valence-corrected chi connectivity index (χ0v) is 10.9. The Bertz CT molecular complexity index is 292. The van der Waals surface area contributed by atoms with Crippen LogP contribution in [-0.4, -0.2) is 47.3 Å². The highest BCUT2D eigenvalue weighted by atomic mass is 16.5. The van der Waals surface area contributed by atoms with E-state index in [4.69, 9.17) is 4.74 Å². The fraction of sp³-hybridized carbons (Fsp3) is 0.923. The molecule has 0 aliphatic carbocycles. The average molecular weight is 241 g/mol. The first kappa shape index (κ1) is 12.8. The summed E-state index contributed by atoms with van der Waals surface area (Å²) < 4.78 is 5.50. The first-order valence-corrected chi connectivity index (χ1v) is 6.57. The van der Waals surface area contributed by atoms with E-state index < -0.39 is 0 Å². The Hall–Kier alpha value is -0.610. The third-order valence-electron chi connectivity index (χ3n) is 3.97. The summed E-state index contributed by atoms with van der Waals surface area (Å²) in [7, 11) is 2.05. The lowest BCUT2D eigenvalue weighted by Gasteiger charge is -2.36. The van der Waals surface area contributed by atoms with Crippen LogP contribution in [0.25, 0.3) is 0 Å². The number of fused-ring (bicyclic) bond motifs is 2. The van der Waals surface area contributed by atoms with Crippen molar-refractivity contribution in [3.05, 3.63) is 0 Å². The van der Waals surface area contributed by atoms with Gasteiger partial charge in [0.15, 0.2) is 0 Å². The number of ether oxygens (including phenoxy) is 1. The van der Waals surface area contributed by atoms with Gasteiger partial charge in [-0.2, -0.15) is 0 Å². The summed E-state index contributed by atoms with van der Waals surface area (Å²) in [6.45, 7) is 4.03. The SMILES string of the molecule is CC(C)CC(=O)O[C@@H]1CC2C[C@@H](O)C(C1)N2C. The molecule has 2 unspecified atom stereocenters. The molecule has 98 valence electrons. The first-order valence-electron chi connectivity index (χ1n) is 6.57. The number of esters is 1. The van der Waals surface area contributed by atoms with Crippen molar-refractivity contribution in [1.82, 2.24) is 4.90 Å². The Kier molecular flexibility index (Phi) is 3.73. The lowest BCUT2D eigenvalue weighted by Crippen LogP contribution is -2.45. The highest BCUT2D eigenvalue weighted by molar-refractivity contribution is 5.69. The van der Waals surface area contributed by atoms with Gasteiger partial charge in [0.2, 0.25) is 0 Å². The highest BCUT2D eigenvalue weighted by Gasteiger charge is 2.45. The maximum Gasteiger partial charge on any atom is 0.306 e. The van der Waals surface area contributed by atoms with Gasteiger partial charge in [-0.3, -0.25) is 9.69 Å². The molecular formula is C13H23NO3. The molecule has 0 radical (unpaired) electrons. The van der Waals surface area contributed by atoms with Gasteiger partial charge in [0.25, 0.3) is 0 Å². The molecule has 2 fully saturated rings. The van der Waals surface area contributed by atoms with Gasteiger partial charge >= 0.3 is 5.97 Å². The van der Waals surface area contributed by atoms with Crippen LogP contribution >= 0.6 is 0 Å². The molecule has 0 aromatic carbocycles. The molecule has 0 aromatic rings. The van der Waals surface area contributed by atoms with E-state index in [2.05, 4.69) is 11.9 Å². The van der Waals surface area contributed by atoms with Gasteiger partial charge < -0.3 is 9.84 Å². The van der Waals surface area contributed by atoms with Crippen molar-refractivity contribution in [2.45, 2.75) is 63.8 Å². The Balaban J connectivity index is 1.87. The number of piperidine rings is 1. The van der Waals surface area contributed by atoms with Gasteiger partial charge in [0.1, 0.15) is 6.10 Å². The van der Waals surface area contributed by atoms with E-state index in [0.717, 1.165) is 19.3 Å². The maximum absolute atomic E-state index is 11.6. The van der Waals surface area contributed by atoms with Crippen molar-refractivity contribution in [3.63, 3.8) is 0 Å². The second-order valence-electron chi connectivity index (χ2n) is 5.87. The second-order valence-corrected chi connectivity index (χ2v) is 5.87. The zero-order valence-electron chi connectivity index (χ0n) is 10.9. The Morgan fingerprint density at radius 3 is 2.71 bits per heavy atom. The van der Waals surface area contributed by atoms with Crippen LogP contribution in [0.5, 0.6) is 0 Å². The first-order chi connectivity index (χ1) is 7.97. The fourth-order valence-corrected chi connectivity index (χ4v) is 3.06. The number of carbonyl (C=O) groups is 1. The molecule has 1 N–H and O–H groups in total. The minimum absolute atomic E-state index is 0.00426. The molecule has 17 heavy (non-hydrogen) atoms. The third-order valence-corrected chi connectivity index (χ3v) is 3.97. The van der Waals surface area contributed by atoms with Crippen LogP contribution in [0.3, 0.4) is 0 Å². The summed E-state index contributed by atoms with van der Waals surface area (Å²) >= 11 is 0. The lowest BCUT2D eigenvalue weighted by molar-refractivity contribution is -0.153. The van der Waals surface area contributed by atoms with Crippen molar-refractivity contribution in [2.75, 3.05) is 7.05 Å². The number of aliphatic hydroxyl groups excluding tert-OH is 1. The summed E-state index contributed by atoms with van der Waals surface area (Å²) in [5.41, 5.74) is 0. The summed E-state index contributed by atoms with van der Waals surface area (Å²) in [4.78, 5) is 13.9. The predicted molar refractivity (Wildman–Crippen MR) is 64.5 cm³/mol. The van der Waals surface area contributed by atoms with Gasteiger partial charge in [-0.25, -0.2) is 0 Å². The fourth-order valence-electron chi connectivity index (χ4n) is 3.06. The summed E-state index contributed by atoms with van der Waals surface area (Å²) in [6, 6.07) is 0.547. The number of aliphatic hydroxyl groups is 1. The number of hydrogen-bond acceptors (Lipinski definition) is 4. The Morgan fingerprint density at radius 2 is 2.12 bits per heavy atom. The molecular weight excluding hydrogens is 218 g/mol. The molecule has 2 saturated heterocycles. The van der Waals surface area contributed by atoms with Gasteiger partial charge in [-0.05, 0) is 19.4 Å². The van der Waals surface area contributed by atoms with Crippen molar-refractivity contribution in [2.24, 2.45) is 5.92 Å². The molecule has 0 spiro atoms. The second kappa shape index (κ2) is 4.94. The molecule has 2 rings (SSSR count). The third kappa shape index (κ3) is 2.80. The number of carbonyl (C=O) groups excluding carboxylic acids is 1. The van der Waals surface area contributed by atoms with E-state index in [9.17, 15) is 9.90 Å². The molecule has 2 bridgehead atoms. The predicted octanol–water partition coefficient (Wildman–Crippen LogP) is 1.17. The molecule has 0 amide bonds. The molecule has 0 saturated carbocycles. The summed E-state index contributed by atoms with van der Waals surface area (Å²) in [5.74, 6) is 0.250. The van der Waals surface area contributed by atoms with E-state index >= 15 is 0 Å². The maximum atomic E-state index is 11.6. The number of likely N-dealkylation sites (N-methyl/N-ethyl adjacent to an activating group) is 1. The topological polar surface area (TPSA) is 49.8 Å². The van der Waals surface area contributed by atoms with Crippen molar-refractivity contribution in [3.8, 4) is 0 Å². The van der Waals surface area contributed by atoms with Crippen LogP contribution < -0.4 is 0 Å². The van der Waals surface area contributed by atoms with Crippen molar-refractivity contribution in [1.29, 1.82) is 0 Å². The summed E-state index contributed by atoms with van der Waals surface area (Å²) in [6.07, 6.45) is 2.71. The largest absolute Gasteiger partial charge is 0.462 e. The molecule has 4 nitrogen and oxygen atoms in total. The Morgan fingerprint density at radius 1 is 1.41 bits per heavy atom. The van der Waals surface area contributed by atoms with Gasteiger partial charge in [-0.15, -0.1) is 0 Å². The van der Waals surface area contributed by atoms with Crippen LogP contribution in [0.4, 0.5) is 0 Å².